The molecule has 14 heavy (non-hydrogen) atoms. The summed E-state index contributed by atoms with van der Waals surface area (Å²) in [4.78, 5) is 0. The van der Waals surface area contributed by atoms with Crippen LogP contribution < -0.4 is 5.32 Å². The Kier molecular flexibility index (Phi) is 3.40. The van der Waals surface area contributed by atoms with Crippen LogP contribution in [0.3, 0.4) is 0 Å². The molecule has 1 aromatic rings. The number of nitrogens with one attached hydrogen (secondary N) is 1. The molecule has 1 atom stereocenters. The lowest BCUT2D eigenvalue weighted by atomic mass is 10.1. The summed E-state index contributed by atoms with van der Waals surface area (Å²) in [6.07, 6.45) is 2.15. The van der Waals surface area contributed by atoms with E-state index in [0.717, 1.165) is 31.0 Å². The summed E-state index contributed by atoms with van der Waals surface area (Å²) >= 11 is 5.90. The Morgan fingerprint density at radius 3 is 3.14 bits per heavy atom. The van der Waals surface area contributed by atoms with Gasteiger partial charge in [-0.1, -0.05) is 23.7 Å². The third-order valence-electron chi connectivity index (χ3n) is 2.32. The van der Waals surface area contributed by atoms with Crippen LogP contribution in [-0.2, 0) is 11.2 Å². The zero-order chi connectivity index (χ0) is 9.80. The molecule has 1 N–H and O–H groups in total. The van der Waals surface area contributed by atoms with Gasteiger partial charge in [-0.3, -0.25) is 5.32 Å². The van der Waals surface area contributed by atoms with Crippen molar-refractivity contribution in [1.82, 2.24) is 5.32 Å². The van der Waals surface area contributed by atoms with Crippen molar-refractivity contribution in [2.75, 3.05) is 13.2 Å². The van der Waals surface area contributed by atoms with E-state index in [4.69, 9.17) is 16.3 Å². The Labute approximate surface area is 89.2 Å². The number of hydrogen-bond acceptors (Lipinski definition) is 2. The second-order valence-corrected chi connectivity index (χ2v) is 3.94. The summed E-state index contributed by atoms with van der Waals surface area (Å²) < 4.78 is 5.57. The average Bonchev–Trinajstić information content (AvgIpc) is 2.19. The number of ether oxygens (including phenoxy) is 1. The van der Waals surface area contributed by atoms with Crippen molar-refractivity contribution in [3.05, 3.63) is 34.9 Å². The van der Waals surface area contributed by atoms with Crippen molar-refractivity contribution in [3.8, 4) is 0 Å². The van der Waals surface area contributed by atoms with Crippen molar-refractivity contribution in [2.24, 2.45) is 0 Å². The van der Waals surface area contributed by atoms with Gasteiger partial charge in [-0.05, 0) is 30.7 Å². The Hall–Kier alpha value is -0.570. The van der Waals surface area contributed by atoms with Gasteiger partial charge in [-0.15, -0.1) is 0 Å². The Morgan fingerprint density at radius 1 is 1.50 bits per heavy atom. The van der Waals surface area contributed by atoms with Gasteiger partial charge in [0.1, 0.15) is 6.23 Å². The maximum Gasteiger partial charge on any atom is 0.112 e. The molecule has 3 heteroatoms. The van der Waals surface area contributed by atoms with Crippen molar-refractivity contribution < 1.29 is 4.74 Å². The van der Waals surface area contributed by atoms with Crippen LogP contribution in [0.5, 0.6) is 0 Å². The van der Waals surface area contributed by atoms with Gasteiger partial charge in [0, 0.05) is 18.1 Å². The predicted octanol–water partition coefficient (Wildman–Crippen LogP) is 2.22. The lowest BCUT2D eigenvalue weighted by molar-refractivity contribution is 0.00195. The van der Waals surface area contributed by atoms with E-state index in [-0.39, 0.29) is 6.23 Å². The largest absolute Gasteiger partial charge is 0.363 e. The molecule has 1 aliphatic rings. The summed E-state index contributed by atoms with van der Waals surface area (Å²) in [5, 5.41) is 4.11. The second kappa shape index (κ2) is 4.78. The van der Waals surface area contributed by atoms with E-state index in [9.17, 15) is 0 Å². The van der Waals surface area contributed by atoms with Gasteiger partial charge >= 0.3 is 0 Å². The first-order chi connectivity index (χ1) is 6.84. The van der Waals surface area contributed by atoms with Crippen LogP contribution in [0.1, 0.15) is 12.0 Å². The zero-order valence-electron chi connectivity index (χ0n) is 8.00. The third kappa shape index (κ3) is 2.71. The van der Waals surface area contributed by atoms with Crippen LogP contribution in [-0.4, -0.2) is 19.4 Å². The van der Waals surface area contributed by atoms with Gasteiger partial charge in [0.05, 0.1) is 0 Å². The van der Waals surface area contributed by atoms with Crippen molar-refractivity contribution >= 4 is 11.6 Å². The molecule has 1 fully saturated rings. The Bertz CT molecular complexity index is 297. The van der Waals surface area contributed by atoms with Gasteiger partial charge in [-0.2, -0.15) is 0 Å². The van der Waals surface area contributed by atoms with Crippen LogP contribution in [0.4, 0.5) is 0 Å². The smallest absolute Gasteiger partial charge is 0.112 e. The van der Waals surface area contributed by atoms with Gasteiger partial charge in [0.25, 0.3) is 0 Å². The Morgan fingerprint density at radius 2 is 2.43 bits per heavy atom. The van der Waals surface area contributed by atoms with Gasteiger partial charge in [0.2, 0.25) is 0 Å². The quantitative estimate of drug-likeness (QED) is 0.810. The molecule has 2 nitrogen and oxygen atoms in total. The highest BCUT2D eigenvalue weighted by molar-refractivity contribution is 6.30. The van der Waals surface area contributed by atoms with Crippen molar-refractivity contribution in [3.63, 3.8) is 0 Å². The summed E-state index contributed by atoms with van der Waals surface area (Å²) in [5.41, 5.74) is 1.22. The molecular formula is C11H14ClNO. The van der Waals surface area contributed by atoms with Crippen LogP contribution >= 0.6 is 11.6 Å². The minimum absolute atomic E-state index is 0.155. The second-order valence-electron chi connectivity index (χ2n) is 3.50. The number of hydrogen-bond donors (Lipinski definition) is 1. The summed E-state index contributed by atoms with van der Waals surface area (Å²) in [5.74, 6) is 0. The maximum absolute atomic E-state index is 5.90. The monoisotopic (exact) mass is 211 g/mol. The van der Waals surface area contributed by atoms with E-state index in [2.05, 4.69) is 11.4 Å². The average molecular weight is 212 g/mol. The first kappa shape index (κ1) is 9.97. The lowest BCUT2D eigenvalue weighted by Crippen LogP contribution is -2.39. The van der Waals surface area contributed by atoms with Crippen LogP contribution in [0, 0.1) is 0 Å². The predicted molar refractivity (Wildman–Crippen MR) is 57.5 cm³/mol. The molecule has 0 amide bonds. The standard InChI is InChI=1S/C11H14ClNO/c12-10-4-1-3-9(7-10)8-11-13-5-2-6-14-11/h1,3-4,7,11,13H,2,5-6,8H2. The fraction of sp³-hybridized carbons (Fsp3) is 0.455. The van der Waals surface area contributed by atoms with Crippen LogP contribution in [0.2, 0.25) is 5.02 Å². The SMILES string of the molecule is Clc1cccc(CC2NCCCO2)c1. The van der Waals surface area contributed by atoms with Crippen molar-refractivity contribution in [2.45, 2.75) is 19.1 Å². The van der Waals surface area contributed by atoms with Gasteiger partial charge < -0.3 is 4.74 Å². The molecule has 2 rings (SSSR count). The molecule has 1 saturated heterocycles. The molecule has 1 aliphatic heterocycles. The molecule has 0 aromatic heterocycles. The van der Waals surface area contributed by atoms with Crippen LogP contribution in [0.15, 0.2) is 24.3 Å². The molecule has 1 unspecified atom stereocenters. The summed E-state index contributed by atoms with van der Waals surface area (Å²) in [6, 6.07) is 7.92. The fourth-order valence-electron chi connectivity index (χ4n) is 1.63. The highest BCUT2D eigenvalue weighted by Crippen LogP contribution is 2.13. The number of rotatable bonds is 2. The van der Waals surface area contributed by atoms with E-state index in [1.807, 2.05) is 18.2 Å². The summed E-state index contributed by atoms with van der Waals surface area (Å²) in [6.45, 7) is 1.91. The van der Waals surface area contributed by atoms with E-state index in [1.165, 1.54) is 5.56 Å². The van der Waals surface area contributed by atoms with Gasteiger partial charge in [0.15, 0.2) is 0 Å². The molecule has 0 radical (unpaired) electrons. The molecule has 0 saturated carbocycles. The Balaban J connectivity index is 1.95. The van der Waals surface area contributed by atoms with Crippen molar-refractivity contribution in [1.29, 1.82) is 0 Å². The fourth-order valence-corrected chi connectivity index (χ4v) is 1.84. The molecule has 1 heterocycles. The summed E-state index contributed by atoms with van der Waals surface area (Å²) in [7, 11) is 0. The third-order valence-corrected chi connectivity index (χ3v) is 2.56. The minimum Gasteiger partial charge on any atom is -0.363 e. The first-order valence-electron chi connectivity index (χ1n) is 4.94. The van der Waals surface area contributed by atoms with E-state index in [0.29, 0.717) is 0 Å². The number of benzene rings is 1. The topological polar surface area (TPSA) is 21.3 Å². The molecule has 0 aliphatic carbocycles. The molecule has 76 valence electrons. The van der Waals surface area contributed by atoms with E-state index in [1.54, 1.807) is 0 Å². The van der Waals surface area contributed by atoms with Crippen LogP contribution in [0.25, 0.3) is 0 Å². The minimum atomic E-state index is 0.155. The highest BCUT2D eigenvalue weighted by atomic mass is 35.5. The number of halogens is 1. The molecule has 1 aromatic carbocycles. The first-order valence-corrected chi connectivity index (χ1v) is 5.32. The zero-order valence-corrected chi connectivity index (χ0v) is 8.76. The normalized spacial score (nSPS) is 22.2. The lowest BCUT2D eigenvalue weighted by Gasteiger charge is -2.24. The van der Waals surface area contributed by atoms with E-state index >= 15 is 0 Å². The van der Waals surface area contributed by atoms with E-state index < -0.39 is 0 Å². The van der Waals surface area contributed by atoms with Gasteiger partial charge in [-0.25, -0.2) is 0 Å². The highest BCUT2D eigenvalue weighted by Gasteiger charge is 2.12. The molecule has 0 bridgehead atoms. The molecule has 0 spiro atoms. The maximum atomic E-state index is 5.90. The molecular weight excluding hydrogens is 198 g/mol.